The first-order valence-corrected chi connectivity index (χ1v) is 10.7. The van der Waals surface area contributed by atoms with Gasteiger partial charge in [-0.05, 0) is 26.8 Å². The second-order valence-corrected chi connectivity index (χ2v) is 8.14. The summed E-state index contributed by atoms with van der Waals surface area (Å²) in [5.41, 5.74) is 2.48. The topological polar surface area (TPSA) is 139 Å². The van der Waals surface area contributed by atoms with Gasteiger partial charge in [0.1, 0.15) is 17.7 Å². The summed E-state index contributed by atoms with van der Waals surface area (Å²) in [5, 5.41) is 22.0. The van der Waals surface area contributed by atoms with E-state index < -0.39 is 5.54 Å². The summed E-state index contributed by atoms with van der Waals surface area (Å²) in [6.07, 6.45) is 7.62. The van der Waals surface area contributed by atoms with Gasteiger partial charge >= 0.3 is 0 Å². The highest BCUT2D eigenvalue weighted by Crippen LogP contribution is 2.20. The molecule has 4 rings (SSSR count). The number of nitrogens with one attached hydrogen (secondary N) is 2. The van der Waals surface area contributed by atoms with E-state index in [0.717, 1.165) is 17.0 Å². The van der Waals surface area contributed by atoms with Crippen LogP contribution in [-0.4, -0.2) is 58.5 Å². The molecule has 11 heteroatoms. The van der Waals surface area contributed by atoms with Crippen LogP contribution in [0.4, 0.5) is 5.95 Å². The predicted molar refractivity (Wildman–Crippen MR) is 124 cm³/mol. The molecular weight excluding hydrogens is 434 g/mol. The summed E-state index contributed by atoms with van der Waals surface area (Å²) < 4.78 is 5.68. The Balaban J connectivity index is 1.40. The van der Waals surface area contributed by atoms with Crippen molar-refractivity contribution in [2.75, 3.05) is 11.9 Å². The molecule has 0 saturated carbocycles. The molecule has 3 aromatic rings. The molecule has 0 fully saturated rings. The number of aromatic amines is 1. The van der Waals surface area contributed by atoms with Crippen molar-refractivity contribution in [1.29, 1.82) is 0 Å². The SMILES string of the molecule is C=C(C)/C=C\C(C)(C#CC)Nc1ncc(-c2nnc(CC(=O)N3CCc4n[nH]nc4C3)o2)cn1. The van der Waals surface area contributed by atoms with Crippen molar-refractivity contribution in [3.8, 4) is 23.3 Å². The van der Waals surface area contributed by atoms with Crippen LogP contribution in [-0.2, 0) is 24.2 Å². The molecule has 1 unspecified atom stereocenters. The van der Waals surface area contributed by atoms with Gasteiger partial charge < -0.3 is 14.6 Å². The fourth-order valence-corrected chi connectivity index (χ4v) is 3.42. The summed E-state index contributed by atoms with van der Waals surface area (Å²) in [4.78, 5) is 23.0. The minimum atomic E-state index is -0.658. The Kier molecular flexibility index (Phi) is 6.49. The molecule has 3 aromatic heterocycles. The summed E-state index contributed by atoms with van der Waals surface area (Å²) >= 11 is 0. The largest absolute Gasteiger partial charge is 0.420 e. The van der Waals surface area contributed by atoms with Crippen LogP contribution >= 0.6 is 0 Å². The van der Waals surface area contributed by atoms with Crippen molar-refractivity contribution in [2.24, 2.45) is 0 Å². The van der Waals surface area contributed by atoms with Crippen molar-refractivity contribution in [2.45, 2.75) is 45.7 Å². The van der Waals surface area contributed by atoms with Crippen molar-refractivity contribution < 1.29 is 9.21 Å². The highest BCUT2D eigenvalue weighted by atomic mass is 16.4. The Labute approximate surface area is 196 Å². The third kappa shape index (κ3) is 5.35. The van der Waals surface area contributed by atoms with E-state index in [-0.39, 0.29) is 24.1 Å². The number of allylic oxidation sites excluding steroid dienone is 2. The quantitative estimate of drug-likeness (QED) is 0.402. The maximum Gasteiger partial charge on any atom is 0.250 e. The molecule has 11 nitrogen and oxygen atoms in total. The fourth-order valence-electron chi connectivity index (χ4n) is 3.42. The number of carbonyl (C=O) groups is 1. The highest BCUT2D eigenvalue weighted by molar-refractivity contribution is 5.78. The van der Waals surface area contributed by atoms with Crippen LogP contribution in [0.15, 0.2) is 41.1 Å². The first kappa shape index (κ1) is 22.8. The molecule has 0 saturated heterocycles. The van der Waals surface area contributed by atoms with Gasteiger partial charge in [0.15, 0.2) is 0 Å². The number of amides is 1. The zero-order valence-corrected chi connectivity index (χ0v) is 19.3. The lowest BCUT2D eigenvalue weighted by Crippen LogP contribution is -2.37. The number of rotatable bonds is 7. The number of H-pyrrole nitrogens is 1. The van der Waals surface area contributed by atoms with Gasteiger partial charge in [-0.2, -0.15) is 15.4 Å². The van der Waals surface area contributed by atoms with Crippen LogP contribution in [0.2, 0.25) is 0 Å². The lowest BCUT2D eigenvalue weighted by atomic mass is 10.0. The first-order chi connectivity index (χ1) is 16.3. The number of fused-ring (bicyclic) bond motifs is 1. The van der Waals surface area contributed by atoms with E-state index in [0.29, 0.717) is 31.0 Å². The Morgan fingerprint density at radius 2 is 2.09 bits per heavy atom. The van der Waals surface area contributed by atoms with E-state index in [4.69, 9.17) is 4.42 Å². The van der Waals surface area contributed by atoms with Crippen LogP contribution in [0.5, 0.6) is 0 Å². The monoisotopic (exact) mass is 459 g/mol. The zero-order chi connectivity index (χ0) is 24.1. The smallest absolute Gasteiger partial charge is 0.250 e. The van der Waals surface area contributed by atoms with Gasteiger partial charge in [0.25, 0.3) is 5.89 Å². The van der Waals surface area contributed by atoms with E-state index in [9.17, 15) is 4.79 Å². The molecule has 0 spiro atoms. The number of aromatic nitrogens is 7. The molecule has 2 N–H and O–H groups in total. The molecule has 174 valence electrons. The number of nitrogens with zero attached hydrogens (tertiary/aromatic N) is 7. The fraction of sp³-hybridized carbons (Fsp3) is 0.348. The summed E-state index contributed by atoms with van der Waals surface area (Å²) in [6.45, 7) is 10.5. The van der Waals surface area contributed by atoms with E-state index in [2.05, 4.69) is 59.3 Å². The minimum Gasteiger partial charge on any atom is -0.420 e. The van der Waals surface area contributed by atoms with Gasteiger partial charge in [-0.15, -0.1) is 16.1 Å². The molecular formula is C23H25N9O2. The van der Waals surface area contributed by atoms with Gasteiger partial charge in [0, 0.05) is 25.4 Å². The van der Waals surface area contributed by atoms with Crippen LogP contribution < -0.4 is 5.32 Å². The van der Waals surface area contributed by atoms with Crippen molar-refractivity contribution in [1.82, 2.24) is 40.5 Å². The van der Waals surface area contributed by atoms with Crippen LogP contribution in [0, 0.1) is 11.8 Å². The maximum absolute atomic E-state index is 12.7. The average Bonchev–Trinajstić information content (AvgIpc) is 3.47. The van der Waals surface area contributed by atoms with E-state index in [1.807, 2.05) is 26.0 Å². The second-order valence-electron chi connectivity index (χ2n) is 8.14. The lowest BCUT2D eigenvalue weighted by molar-refractivity contribution is -0.131. The Morgan fingerprint density at radius 1 is 1.32 bits per heavy atom. The number of hydrogen-bond donors (Lipinski definition) is 2. The molecule has 0 aliphatic carbocycles. The van der Waals surface area contributed by atoms with Crippen LogP contribution in [0.1, 0.15) is 38.0 Å². The molecule has 4 heterocycles. The molecule has 0 radical (unpaired) electrons. The van der Waals surface area contributed by atoms with Crippen molar-refractivity contribution in [3.05, 3.63) is 54.0 Å². The molecule has 1 atom stereocenters. The maximum atomic E-state index is 12.7. The van der Waals surface area contributed by atoms with Crippen molar-refractivity contribution >= 4 is 11.9 Å². The Hall–Kier alpha value is -4.33. The highest BCUT2D eigenvalue weighted by Gasteiger charge is 2.25. The van der Waals surface area contributed by atoms with Gasteiger partial charge in [0.05, 0.1) is 17.8 Å². The second kappa shape index (κ2) is 9.66. The Bertz CT molecular complexity index is 1280. The number of hydrogen-bond acceptors (Lipinski definition) is 9. The number of carbonyl (C=O) groups excluding carboxylic acids is 1. The molecule has 0 aromatic carbocycles. The molecule has 1 aliphatic heterocycles. The van der Waals surface area contributed by atoms with Crippen molar-refractivity contribution in [3.63, 3.8) is 0 Å². The minimum absolute atomic E-state index is 0.00375. The molecule has 1 amide bonds. The summed E-state index contributed by atoms with van der Waals surface area (Å²) in [7, 11) is 0. The standard InChI is InChI=1S/C23H25N9O2/c1-5-8-23(4,9-6-15(2)3)26-22-24-12-16(13-25-22)21-30-29-19(34-21)11-20(33)32-10-7-17-18(14-32)28-31-27-17/h6,9,12-13H,2,7,10-11,14H2,1,3-4H3,(H,24,25,26)(H,27,28,31)/b9-6-. The van der Waals surface area contributed by atoms with E-state index in [1.165, 1.54) is 0 Å². The molecule has 34 heavy (non-hydrogen) atoms. The van der Waals surface area contributed by atoms with Gasteiger partial charge in [-0.1, -0.05) is 24.1 Å². The van der Waals surface area contributed by atoms with E-state index >= 15 is 0 Å². The van der Waals surface area contributed by atoms with Gasteiger partial charge in [-0.25, -0.2) is 9.97 Å². The zero-order valence-electron chi connectivity index (χ0n) is 19.3. The summed E-state index contributed by atoms with van der Waals surface area (Å²) in [5.74, 6) is 6.77. The first-order valence-electron chi connectivity index (χ1n) is 10.7. The van der Waals surface area contributed by atoms with E-state index in [1.54, 1.807) is 24.2 Å². The third-order valence-corrected chi connectivity index (χ3v) is 5.14. The van der Waals surface area contributed by atoms with Gasteiger partial charge in [0.2, 0.25) is 17.7 Å². The Morgan fingerprint density at radius 3 is 2.82 bits per heavy atom. The van der Waals surface area contributed by atoms with Crippen LogP contribution in [0.25, 0.3) is 11.5 Å². The average molecular weight is 460 g/mol. The third-order valence-electron chi connectivity index (χ3n) is 5.14. The normalized spacial score (nSPS) is 14.7. The predicted octanol–water partition coefficient (Wildman–Crippen LogP) is 2.10. The molecule has 0 bridgehead atoms. The summed E-state index contributed by atoms with van der Waals surface area (Å²) in [6, 6.07) is 0. The number of anilines is 1. The van der Waals surface area contributed by atoms with Gasteiger partial charge in [-0.3, -0.25) is 4.79 Å². The lowest BCUT2D eigenvalue weighted by Gasteiger charge is -2.24. The molecule has 1 aliphatic rings. The van der Waals surface area contributed by atoms with Crippen LogP contribution in [0.3, 0.4) is 0 Å².